The number of hydrogen-bond donors (Lipinski definition) is 1. The third-order valence-corrected chi connectivity index (χ3v) is 6.74. The van der Waals surface area contributed by atoms with Crippen LogP contribution in [-0.4, -0.2) is 33.9 Å². The minimum Gasteiger partial charge on any atom is -0.353 e. The van der Waals surface area contributed by atoms with Crippen molar-refractivity contribution in [3.63, 3.8) is 0 Å². The minimum absolute atomic E-state index is 0.0106. The molecule has 0 bridgehead atoms. The van der Waals surface area contributed by atoms with Crippen LogP contribution in [0.15, 0.2) is 23.2 Å². The van der Waals surface area contributed by atoms with Gasteiger partial charge in [-0.05, 0) is 31.0 Å². The fourth-order valence-corrected chi connectivity index (χ4v) is 5.20. The molecule has 1 aromatic carbocycles. The van der Waals surface area contributed by atoms with E-state index in [2.05, 4.69) is 16.2 Å². The van der Waals surface area contributed by atoms with Crippen molar-refractivity contribution in [2.24, 2.45) is 4.99 Å². The van der Waals surface area contributed by atoms with Crippen LogP contribution in [0.4, 0.5) is 0 Å². The summed E-state index contributed by atoms with van der Waals surface area (Å²) < 4.78 is 2.75. The molecule has 1 heterocycles. The molecule has 2 aromatic rings. The molecule has 28 heavy (non-hydrogen) atoms. The second-order valence-corrected chi connectivity index (χ2v) is 9.12. The van der Waals surface area contributed by atoms with Gasteiger partial charge in [0.05, 0.1) is 28.3 Å². The van der Waals surface area contributed by atoms with Crippen molar-refractivity contribution in [3.8, 4) is 12.3 Å². The molecule has 5 nitrogen and oxygen atoms in total. The minimum atomic E-state index is -0.279. The van der Waals surface area contributed by atoms with E-state index in [9.17, 15) is 9.59 Å². The van der Waals surface area contributed by atoms with Crippen molar-refractivity contribution in [1.29, 1.82) is 0 Å². The predicted molar refractivity (Wildman–Crippen MR) is 117 cm³/mol. The highest BCUT2D eigenvalue weighted by atomic mass is 35.5. The standard InChI is InChI=1S/C20H22ClN3O2S2/c1-2-10-24-16-9-8-14(21)11-17(16)28-20(24)23-19(26)13-27-12-18(25)22-15-6-4-3-5-7-15/h1,8-9,11,15H,3-7,10,12-13H2,(H,22,25). The van der Waals surface area contributed by atoms with Gasteiger partial charge in [0.15, 0.2) is 4.80 Å². The number of terminal acetylenes is 1. The highest BCUT2D eigenvalue weighted by molar-refractivity contribution is 8.00. The summed E-state index contributed by atoms with van der Waals surface area (Å²) >= 11 is 8.71. The molecule has 0 unspecified atom stereocenters. The van der Waals surface area contributed by atoms with E-state index in [4.69, 9.17) is 18.0 Å². The van der Waals surface area contributed by atoms with E-state index in [1.807, 2.05) is 16.7 Å². The third kappa shape index (κ3) is 5.63. The molecule has 0 radical (unpaired) electrons. The van der Waals surface area contributed by atoms with Crippen LogP contribution in [0.3, 0.4) is 0 Å². The SMILES string of the molecule is C#CCn1c(=NC(=O)CSCC(=O)NC2CCCCC2)sc2cc(Cl)ccc21. The molecular weight excluding hydrogens is 414 g/mol. The number of fused-ring (bicyclic) bond motifs is 1. The van der Waals surface area contributed by atoms with Gasteiger partial charge in [0.1, 0.15) is 0 Å². The highest BCUT2D eigenvalue weighted by Gasteiger charge is 2.16. The molecule has 8 heteroatoms. The van der Waals surface area contributed by atoms with Crippen molar-refractivity contribution in [2.75, 3.05) is 11.5 Å². The largest absolute Gasteiger partial charge is 0.353 e. The molecule has 1 fully saturated rings. The quantitative estimate of drug-likeness (QED) is 0.705. The Balaban J connectivity index is 1.60. The molecule has 3 rings (SSSR count). The molecule has 0 saturated heterocycles. The zero-order valence-corrected chi connectivity index (χ0v) is 17.8. The normalized spacial score (nSPS) is 15.5. The van der Waals surface area contributed by atoms with Crippen molar-refractivity contribution in [3.05, 3.63) is 28.0 Å². The van der Waals surface area contributed by atoms with Gasteiger partial charge in [-0.1, -0.05) is 48.1 Å². The molecule has 148 valence electrons. The zero-order valence-electron chi connectivity index (χ0n) is 15.4. The Labute approximate surface area is 177 Å². The molecule has 1 aromatic heterocycles. The average molecular weight is 436 g/mol. The van der Waals surface area contributed by atoms with Gasteiger partial charge < -0.3 is 9.88 Å². The Bertz CT molecular complexity index is 968. The summed E-state index contributed by atoms with van der Waals surface area (Å²) in [4.78, 5) is 29.1. The Morgan fingerprint density at radius 2 is 2.11 bits per heavy atom. The number of rotatable bonds is 6. The predicted octanol–water partition coefficient (Wildman–Crippen LogP) is 3.60. The van der Waals surface area contributed by atoms with Crippen LogP contribution in [0.25, 0.3) is 10.2 Å². The Morgan fingerprint density at radius 1 is 1.32 bits per heavy atom. The zero-order chi connectivity index (χ0) is 19.9. The monoisotopic (exact) mass is 435 g/mol. The number of benzene rings is 1. The molecule has 2 amide bonds. The lowest BCUT2D eigenvalue weighted by Gasteiger charge is -2.22. The van der Waals surface area contributed by atoms with Crippen LogP contribution in [-0.2, 0) is 16.1 Å². The Kier molecular flexibility index (Phi) is 7.60. The molecule has 1 aliphatic carbocycles. The lowest BCUT2D eigenvalue weighted by Crippen LogP contribution is -2.37. The van der Waals surface area contributed by atoms with Gasteiger partial charge in [-0.3, -0.25) is 9.59 Å². The fourth-order valence-electron chi connectivity index (χ4n) is 3.26. The maximum atomic E-state index is 12.3. The molecular formula is C20H22ClN3O2S2. The van der Waals surface area contributed by atoms with Crippen LogP contribution in [0.2, 0.25) is 5.02 Å². The van der Waals surface area contributed by atoms with Crippen LogP contribution in [0.1, 0.15) is 32.1 Å². The van der Waals surface area contributed by atoms with E-state index in [0.717, 1.165) is 23.1 Å². The summed E-state index contributed by atoms with van der Waals surface area (Å²) in [5.74, 6) is 2.73. The maximum Gasteiger partial charge on any atom is 0.258 e. The van der Waals surface area contributed by atoms with E-state index < -0.39 is 0 Å². The summed E-state index contributed by atoms with van der Waals surface area (Å²) in [5.41, 5.74) is 0.901. The number of halogens is 1. The van der Waals surface area contributed by atoms with E-state index in [1.54, 1.807) is 6.07 Å². The number of hydrogen-bond acceptors (Lipinski definition) is 4. The van der Waals surface area contributed by atoms with Crippen molar-refractivity contribution in [1.82, 2.24) is 9.88 Å². The number of amides is 2. The van der Waals surface area contributed by atoms with E-state index >= 15 is 0 Å². The van der Waals surface area contributed by atoms with Gasteiger partial charge in [0.25, 0.3) is 5.91 Å². The molecule has 0 aliphatic heterocycles. The summed E-state index contributed by atoms with van der Waals surface area (Å²) in [7, 11) is 0. The van der Waals surface area contributed by atoms with Gasteiger partial charge in [-0.15, -0.1) is 18.2 Å². The number of carbonyl (C=O) groups excluding carboxylic acids is 2. The third-order valence-electron chi connectivity index (χ3n) is 4.54. The molecule has 1 aliphatic rings. The second-order valence-electron chi connectivity index (χ2n) is 6.69. The first-order valence-corrected chi connectivity index (χ1v) is 11.6. The number of aromatic nitrogens is 1. The maximum absolute atomic E-state index is 12.3. The van der Waals surface area contributed by atoms with Gasteiger partial charge in [0.2, 0.25) is 5.91 Å². The van der Waals surface area contributed by atoms with E-state index in [-0.39, 0.29) is 29.4 Å². The number of thioether (sulfide) groups is 1. The molecule has 1 saturated carbocycles. The number of thiazole rings is 1. The van der Waals surface area contributed by atoms with E-state index in [0.29, 0.717) is 16.4 Å². The van der Waals surface area contributed by atoms with Crippen LogP contribution >= 0.6 is 34.7 Å². The molecule has 0 atom stereocenters. The number of nitrogens with zero attached hydrogens (tertiary/aromatic N) is 2. The lowest BCUT2D eigenvalue weighted by atomic mass is 9.95. The second kappa shape index (κ2) is 10.1. The fraction of sp³-hybridized carbons (Fsp3) is 0.450. The van der Waals surface area contributed by atoms with Crippen LogP contribution < -0.4 is 10.1 Å². The lowest BCUT2D eigenvalue weighted by molar-refractivity contribution is -0.119. The highest BCUT2D eigenvalue weighted by Crippen LogP contribution is 2.22. The summed E-state index contributed by atoms with van der Waals surface area (Å²) in [5, 5.41) is 3.68. The van der Waals surface area contributed by atoms with Crippen molar-refractivity contribution >= 4 is 56.7 Å². The average Bonchev–Trinajstić information content (AvgIpc) is 2.99. The van der Waals surface area contributed by atoms with Gasteiger partial charge in [-0.2, -0.15) is 4.99 Å². The number of nitrogens with one attached hydrogen (secondary N) is 1. The smallest absolute Gasteiger partial charge is 0.258 e. The van der Waals surface area contributed by atoms with Gasteiger partial charge in [-0.25, -0.2) is 0 Å². The Hall–Kier alpha value is -1.75. The van der Waals surface area contributed by atoms with Gasteiger partial charge >= 0.3 is 0 Å². The van der Waals surface area contributed by atoms with Gasteiger partial charge in [0, 0.05) is 11.1 Å². The van der Waals surface area contributed by atoms with Crippen molar-refractivity contribution < 1.29 is 9.59 Å². The number of carbonyl (C=O) groups is 2. The topological polar surface area (TPSA) is 63.5 Å². The molecule has 0 spiro atoms. The molecule has 1 N–H and O–H groups in total. The van der Waals surface area contributed by atoms with Crippen LogP contribution in [0, 0.1) is 12.3 Å². The first-order chi connectivity index (χ1) is 13.6. The summed E-state index contributed by atoms with van der Waals surface area (Å²) in [6.45, 7) is 0.324. The first-order valence-electron chi connectivity index (χ1n) is 9.24. The van der Waals surface area contributed by atoms with Crippen molar-refractivity contribution in [2.45, 2.75) is 44.7 Å². The Morgan fingerprint density at radius 3 is 2.86 bits per heavy atom. The van der Waals surface area contributed by atoms with E-state index in [1.165, 1.54) is 42.4 Å². The summed E-state index contributed by atoms with van der Waals surface area (Å²) in [6, 6.07) is 5.79. The first kappa shape index (κ1) is 21.0. The summed E-state index contributed by atoms with van der Waals surface area (Å²) in [6.07, 6.45) is 11.2. The van der Waals surface area contributed by atoms with Crippen LogP contribution in [0.5, 0.6) is 0 Å².